The number of halogens is 1. The summed E-state index contributed by atoms with van der Waals surface area (Å²) in [6.45, 7) is 0. The smallest absolute Gasteiger partial charge is 0.0901 e. The summed E-state index contributed by atoms with van der Waals surface area (Å²) < 4.78 is 1.89. The Balaban J connectivity index is 2.00. The molecule has 1 heterocycles. The summed E-state index contributed by atoms with van der Waals surface area (Å²) in [6, 6.07) is 10.1. The molecule has 1 aliphatic carbocycles. The molecule has 0 saturated heterocycles. The Hall–Kier alpha value is -1.61. The Labute approximate surface area is 117 Å². The summed E-state index contributed by atoms with van der Waals surface area (Å²) in [5.74, 6) is 0. The second-order valence-corrected chi connectivity index (χ2v) is 5.38. The molecule has 19 heavy (non-hydrogen) atoms. The number of benzene rings is 1. The molecular formula is C15H16ClN3. The van der Waals surface area contributed by atoms with Crippen molar-refractivity contribution in [1.82, 2.24) is 15.0 Å². The van der Waals surface area contributed by atoms with Crippen molar-refractivity contribution in [1.29, 1.82) is 0 Å². The number of rotatable bonds is 2. The lowest BCUT2D eigenvalue weighted by molar-refractivity contribution is 0.721. The van der Waals surface area contributed by atoms with Gasteiger partial charge in [-0.25, -0.2) is 4.68 Å². The van der Waals surface area contributed by atoms with E-state index in [4.69, 9.17) is 11.6 Å². The van der Waals surface area contributed by atoms with Crippen molar-refractivity contribution in [2.45, 2.75) is 31.1 Å². The number of hydrogen-bond acceptors (Lipinski definition) is 2. The maximum absolute atomic E-state index is 6.30. The average Bonchev–Trinajstić information content (AvgIpc) is 2.83. The van der Waals surface area contributed by atoms with E-state index in [1.165, 1.54) is 18.4 Å². The Bertz CT molecular complexity index is 574. The molecule has 0 aliphatic heterocycles. The number of hydrogen-bond donors (Lipinski definition) is 0. The fraction of sp³-hybridized carbons (Fsp3) is 0.333. The summed E-state index contributed by atoms with van der Waals surface area (Å²) in [7, 11) is 0. The molecule has 98 valence electrons. The Morgan fingerprint density at radius 3 is 2.84 bits per heavy atom. The Kier molecular flexibility index (Phi) is 3.65. The van der Waals surface area contributed by atoms with E-state index < -0.39 is 0 Å². The minimum Gasteiger partial charge on any atom is -0.213 e. The van der Waals surface area contributed by atoms with Gasteiger partial charge in [-0.1, -0.05) is 35.9 Å². The third-order valence-corrected chi connectivity index (χ3v) is 3.78. The Morgan fingerprint density at radius 2 is 2.00 bits per heavy atom. The fourth-order valence-electron chi connectivity index (χ4n) is 2.47. The van der Waals surface area contributed by atoms with Gasteiger partial charge in [-0.15, -0.1) is 16.7 Å². The first-order valence-corrected chi connectivity index (χ1v) is 7.09. The average molecular weight is 274 g/mol. The molecule has 0 bridgehead atoms. The number of alkyl halides is 1. The van der Waals surface area contributed by atoms with Gasteiger partial charge in [-0.3, -0.25) is 0 Å². The first-order chi connectivity index (χ1) is 9.34. The second kappa shape index (κ2) is 5.57. The van der Waals surface area contributed by atoms with E-state index in [0.29, 0.717) is 0 Å². The van der Waals surface area contributed by atoms with Crippen LogP contribution in [0.1, 0.15) is 31.4 Å². The molecule has 0 spiro atoms. The normalized spacial score (nSPS) is 19.8. The van der Waals surface area contributed by atoms with Crippen molar-refractivity contribution in [2.24, 2.45) is 0 Å². The van der Waals surface area contributed by atoms with E-state index in [9.17, 15) is 0 Å². The highest BCUT2D eigenvalue weighted by Gasteiger charge is 2.15. The quantitative estimate of drug-likeness (QED) is 0.779. The van der Waals surface area contributed by atoms with Crippen LogP contribution in [-0.2, 0) is 0 Å². The highest BCUT2D eigenvalue weighted by atomic mass is 35.5. The van der Waals surface area contributed by atoms with Crippen LogP contribution in [0.2, 0.25) is 0 Å². The van der Waals surface area contributed by atoms with Crippen molar-refractivity contribution >= 4 is 17.2 Å². The SMILES string of the molecule is ClC1C=C(c2cnnn2-c2ccccc2)CCCC1. The molecule has 1 aromatic heterocycles. The van der Waals surface area contributed by atoms with Crippen LogP contribution in [0, 0.1) is 0 Å². The van der Waals surface area contributed by atoms with Crippen molar-refractivity contribution in [3.63, 3.8) is 0 Å². The molecule has 0 N–H and O–H groups in total. The maximum Gasteiger partial charge on any atom is 0.0901 e. The third kappa shape index (κ3) is 2.71. The molecule has 3 nitrogen and oxygen atoms in total. The zero-order valence-corrected chi connectivity index (χ0v) is 11.4. The molecule has 4 heteroatoms. The largest absolute Gasteiger partial charge is 0.213 e. The van der Waals surface area contributed by atoms with Gasteiger partial charge in [0.1, 0.15) is 0 Å². The van der Waals surface area contributed by atoms with Crippen LogP contribution in [0.5, 0.6) is 0 Å². The van der Waals surface area contributed by atoms with Crippen LogP contribution < -0.4 is 0 Å². The summed E-state index contributed by atoms with van der Waals surface area (Å²) in [4.78, 5) is 0. The zero-order valence-electron chi connectivity index (χ0n) is 10.7. The summed E-state index contributed by atoms with van der Waals surface area (Å²) in [6.07, 6.45) is 8.44. The van der Waals surface area contributed by atoms with Gasteiger partial charge in [0.25, 0.3) is 0 Å². The fourth-order valence-corrected chi connectivity index (χ4v) is 2.77. The summed E-state index contributed by atoms with van der Waals surface area (Å²) >= 11 is 6.30. The molecule has 3 rings (SSSR count). The minimum absolute atomic E-state index is 0.122. The monoisotopic (exact) mass is 273 g/mol. The highest BCUT2D eigenvalue weighted by molar-refractivity contribution is 6.22. The molecule has 0 radical (unpaired) electrons. The predicted octanol–water partition coefficient (Wildman–Crippen LogP) is 3.83. The molecule has 0 saturated carbocycles. The van der Waals surface area contributed by atoms with Gasteiger partial charge in [-0.05, 0) is 37.0 Å². The van der Waals surface area contributed by atoms with Gasteiger partial charge in [0.15, 0.2) is 0 Å². The number of allylic oxidation sites excluding steroid dienone is 2. The van der Waals surface area contributed by atoms with Gasteiger partial charge < -0.3 is 0 Å². The molecule has 1 unspecified atom stereocenters. The van der Waals surface area contributed by atoms with E-state index >= 15 is 0 Å². The van der Waals surface area contributed by atoms with Gasteiger partial charge >= 0.3 is 0 Å². The lowest BCUT2D eigenvalue weighted by Crippen LogP contribution is -2.02. The first kappa shape index (κ1) is 12.4. The van der Waals surface area contributed by atoms with Crippen LogP contribution in [0.25, 0.3) is 11.3 Å². The highest BCUT2D eigenvalue weighted by Crippen LogP contribution is 2.28. The lowest BCUT2D eigenvalue weighted by Gasteiger charge is -2.09. The van der Waals surface area contributed by atoms with E-state index in [2.05, 4.69) is 16.4 Å². The van der Waals surface area contributed by atoms with Gasteiger partial charge in [0, 0.05) is 0 Å². The maximum atomic E-state index is 6.30. The molecule has 1 aliphatic rings. The van der Waals surface area contributed by atoms with E-state index in [1.54, 1.807) is 0 Å². The van der Waals surface area contributed by atoms with Gasteiger partial charge in [-0.2, -0.15) is 0 Å². The first-order valence-electron chi connectivity index (χ1n) is 6.66. The van der Waals surface area contributed by atoms with Crippen molar-refractivity contribution in [2.75, 3.05) is 0 Å². The van der Waals surface area contributed by atoms with Crippen LogP contribution >= 0.6 is 11.6 Å². The molecule has 0 fully saturated rings. The van der Waals surface area contributed by atoms with Gasteiger partial charge in [0.05, 0.1) is 23.0 Å². The standard InChI is InChI=1S/C15H16ClN3/c16-13-7-5-4-6-12(10-13)15-11-17-18-19(15)14-8-2-1-3-9-14/h1-3,8-11,13H,4-7H2. The van der Waals surface area contributed by atoms with Crippen molar-refractivity contribution in [3.8, 4) is 5.69 Å². The number of aromatic nitrogens is 3. The molecule has 2 aromatic rings. The van der Waals surface area contributed by atoms with Crippen LogP contribution in [0.3, 0.4) is 0 Å². The van der Waals surface area contributed by atoms with E-state index in [-0.39, 0.29) is 5.38 Å². The summed E-state index contributed by atoms with van der Waals surface area (Å²) in [5.41, 5.74) is 3.34. The zero-order chi connectivity index (χ0) is 13.1. The predicted molar refractivity (Wildman–Crippen MR) is 77.4 cm³/mol. The molecule has 0 amide bonds. The lowest BCUT2D eigenvalue weighted by atomic mass is 10.1. The Morgan fingerprint density at radius 1 is 1.16 bits per heavy atom. The topological polar surface area (TPSA) is 30.7 Å². The molecular weight excluding hydrogens is 258 g/mol. The third-order valence-electron chi connectivity index (χ3n) is 3.44. The van der Waals surface area contributed by atoms with E-state index in [0.717, 1.165) is 24.2 Å². The number of nitrogens with zero attached hydrogens (tertiary/aromatic N) is 3. The van der Waals surface area contributed by atoms with Crippen LogP contribution in [-0.4, -0.2) is 20.4 Å². The second-order valence-electron chi connectivity index (χ2n) is 4.82. The minimum atomic E-state index is 0.122. The van der Waals surface area contributed by atoms with E-state index in [1.807, 2.05) is 41.2 Å². The molecule has 1 aromatic carbocycles. The van der Waals surface area contributed by atoms with Crippen LogP contribution in [0.15, 0.2) is 42.6 Å². The van der Waals surface area contributed by atoms with Crippen LogP contribution in [0.4, 0.5) is 0 Å². The summed E-state index contributed by atoms with van der Waals surface area (Å²) in [5, 5.41) is 8.38. The number of para-hydroxylation sites is 1. The van der Waals surface area contributed by atoms with Crippen molar-refractivity contribution < 1.29 is 0 Å². The van der Waals surface area contributed by atoms with Crippen molar-refractivity contribution in [3.05, 3.63) is 48.3 Å². The molecule has 1 atom stereocenters. The van der Waals surface area contributed by atoms with Gasteiger partial charge in [0.2, 0.25) is 0 Å².